The molecule has 0 aliphatic carbocycles. The molecule has 0 bridgehead atoms. The van der Waals surface area contributed by atoms with Crippen LogP contribution in [-0.4, -0.2) is 44.7 Å². The van der Waals surface area contributed by atoms with Crippen molar-refractivity contribution in [3.63, 3.8) is 0 Å². The van der Waals surface area contributed by atoms with Gasteiger partial charge in [0.2, 0.25) is 11.2 Å². The molecule has 1 saturated heterocycles. The molecule has 6 nitrogen and oxygen atoms in total. The third-order valence-corrected chi connectivity index (χ3v) is 4.00. The molecule has 1 atom stereocenters. The molecule has 1 aliphatic rings. The Hall–Kier alpha value is -1.82. The summed E-state index contributed by atoms with van der Waals surface area (Å²) in [5, 5.41) is 0. The van der Waals surface area contributed by atoms with Gasteiger partial charge in [0.05, 0.1) is 7.11 Å². The molecule has 0 unspecified atom stereocenters. The largest absolute Gasteiger partial charge is 0.490 e. The van der Waals surface area contributed by atoms with Gasteiger partial charge in [-0.3, -0.25) is 9.59 Å². The Kier molecular flexibility index (Phi) is 6.00. The Labute approximate surface area is 130 Å². The van der Waals surface area contributed by atoms with Gasteiger partial charge in [-0.2, -0.15) is 0 Å². The fourth-order valence-electron chi connectivity index (χ4n) is 2.82. The highest BCUT2D eigenvalue weighted by Gasteiger charge is 2.26. The van der Waals surface area contributed by atoms with Gasteiger partial charge in [-0.1, -0.05) is 0 Å². The van der Waals surface area contributed by atoms with Crippen molar-refractivity contribution < 1.29 is 18.7 Å². The number of carbonyl (C=O) groups excluding carboxylic acids is 1. The second kappa shape index (κ2) is 7.98. The standard InChI is InChI=1S/C16H23NO5/c1-20-8-4-6-12-5-3-7-17(10-12)16(19)14-9-13(18)15(21-2)11-22-14/h9,11-12H,3-8,10H2,1-2H3/t12-/m1/s1. The number of hydrogen-bond donors (Lipinski definition) is 0. The van der Waals surface area contributed by atoms with Gasteiger partial charge in [0.25, 0.3) is 5.91 Å². The topological polar surface area (TPSA) is 69.0 Å². The summed E-state index contributed by atoms with van der Waals surface area (Å²) in [6, 6.07) is 1.20. The van der Waals surface area contributed by atoms with Gasteiger partial charge in [-0.25, -0.2) is 0 Å². The molecule has 0 radical (unpaired) electrons. The van der Waals surface area contributed by atoms with E-state index >= 15 is 0 Å². The fraction of sp³-hybridized carbons (Fsp3) is 0.625. The van der Waals surface area contributed by atoms with Crippen molar-refractivity contribution in [3.8, 4) is 5.75 Å². The van der Waals surface area contributed by atoms with E-state index in [0.717, 1.165) is 32.3 Å². The molecule has 0 aromatic carbocycles. The zero-order valence-corrected chi connectivity index (χ0v) is 13.2. The van der Waals surface area contributed by atoms with E-state index < -0.39 is 0 Å². The maximum atomic E-state index is 12.5. The molecule has 0 spiro atoms. The lowest BCUT2D eigenvalue weighted by molar-refractivity contribution is 0.0625. The summed E-state index contributed by atoms with van der Waals surface area (Å²) < 4.78 is 15.2. The maximum Gasteiger partial charge on any atom is 0.289 e. The summed E-state index contributed by atoms with van der Waals surface area (Å²) in [7, 11) is 3.09. The van der Waals surface area contributed by atoms with E-state index in [0.29, 0.717) is 19.0 Å². The average molecular weight is 309 g/mol. The van der Waals surface area contributed by atoms with Crippen molar-refractivity contribution in [1.29, 1.82) is 0 Å². The minimum absolute atomic E-state index is 0.0725. The Morgan fingerprint density at radius 3 is 2.95 bits per heavy atom. The summed E-state index contributed by atoms with van der Waals surface area (Å²) in [6.07, 6.45) is 5.34. The highest BCUT2D eigenvalue weighted by Crippen LogP contribution is 2.22. The molecule has 1 fully saturated rings. The fourth-order valence-corrected chi connectivity index (χ4v) is 2.82. The van der Waals surface area contributed by atoms with E-state index in [-0.39, 0.29) is 22.8 Å². The minimum Gasteiger partial charge on any atom is -0.490 e. The number of carbonyl (C=O) groups is 1. The molecule has 2 heterocycles. The molecule has 1 amide bonds. The molecule has 1 aromatic rings. The second-order valence-corrected chi connectivity index (χ2v) is 5.57. The lowest BCUT2D eigenvalue weighted by atomic mass is 9.93. The zero-order chi connectivity index (χ0) is 15.9. The summed E-state index contributed by atoms with van der Waals surface area (Å²) in [5.41, 5.74) is -0.342. The Morgan fingerprint density at radius 2 is 2.27 bits per heavy atom. The molecule has 0 saturated carbocycles. The SMILES string of the molecule is COCCC[C@H]1CCCN(C(=O)c2cc(=O)c(OC)co2)C1. The van der Waals surface area contributed by atoms with Crippen molar-refractivity contribution >= 4 is 5.91 Å². The van der Waals surface area contributed by atoms with Crippen molar-refractivity contribution in [2.45, 2.75) is 25.7 Å². The molecular formula is C16H23NO5. The number of piperidine rings is 1. The molecule has 1 aliphatic heterocycles. The molecule has 6 heteroatoms. The Morgan fingerprint density at radius 1 is 1.45 bits per heavy atom. The third-order valence-electron chi connectivity index (χ3n) is 4.00. The summed E-state index contributed by atoms with van der Waals surface area (Å²) in [5.74, 6) is 0.435. The van der Waals surface area contributed by atoms with Crippen LogP contribution in [-0.2, 0) is 4.74 Å². The smallest absolute Gasteiger partial charge is 0.289 e. The Balaban J connectivity index is 1.99. The summed E-state index contributed by atoms with van der Waals surface area (Å²) >= 11 is 0. The number of likely N-dealkylation sites (tertiary alicyclic amines) is 1. The van der Waals surface area contributed by atoms with Crippen LogP contribution in [0, 0.1) is 5.92 Å². The number of methoxy groups -OCH3 is 2. The molecule has 122 valence electrons. The maximum absolute atomic E-state index is 12.5. The first-order valence-corrected chi connectivity index (χ1v) is 7.60. The van der Waals surface area contributed by atoms with Crippen molar-refractivity contribution in [2.75, 3.05) is 33.9 Å². The van der Waals surface area contributed by atoms with E-state index in [9.17, 15) is 9.59 Å². The predicted octanol–water partition coefficient (Wildman–Crippen LogP) is 1.93. The normalized spacial score (nSPS) is 18.3. The number of ether oxygens (including phenoxy) is 2. The van der Waals surface area contributed by atoms with Crippen LogP contribution in [0.15, 0.2) is 21.5 Å². The average Bonchev–Trinajstić information content (AvgIpc) is 2.54. The highest BCUT2D eigenvalue weighted by atomic mass is 16.5. The van der Waals surface area contributed by atoms with Gasteiger partial charge in [0.1, 0.15) is 6.26 Å². The van der Waals surface area contributed by atoms with Crippen LogP contribution in [0.2, 0.25) is 0 Å². The predicted molar refractivity (Wildman–Crippen MR) is 81.3 cm³/mol. The number of amides is 1. The van der Waals surface area contributed by atoms with Crippen molar-refractivity contribution in [1.82, 2.24) is 4.90 Å². The minimum atomic E-state index is -0.342. The van der Waals surface area contributed by atoms with Crippen LogP contribution in [0.3, 0.4) is 0 Å². The second-order valence-electron chi connectivity index (χ2n) is 5.57. The first kappa shape index (κ1) is 16.5. The molecule has 22 heavy (non-hydrogen) atoms. The molecule has 1 aromatic heterocycles. The van der Waals surface area contributed by atoms with Gasteiger partial charge in [-0.05, 0) is 31.6 Å². The van der Waals surface area contributed by atoms with Crippen LogP contribution in [0.4, 0.5) is 0 Å². The first-order valence-electron chi connectivity index (χ1n) is 7.60. The van der Waals surface area contributed by atoms with Crippen LogP contribution in [0.5, 0.6) is 5.75 Å². The molecule has 2 rings (SSSR count). The Bertz CT molecular complexity index is 554. The van der Waals surface area contributed by atoms with E-state index in [2.05, 4.69) is 0 Å². The number of rotatable bonds is 6. The zero-order valence-electron chi connectivity index (χ0n) is 13.2. The molecular weight excluding hydrogens is 286 g/mol. The van der Waals surface area contributed by atoms with Gasteiger partial charge in [0.15, 0.2) is 5.76 Å². The monoisotopic (exact) mass is 309 g/mol. The van der Waals surface area contributed by atoms with Crippen LogP contribution in [0.25, 0.3) is 0 Å². The van der Waals surface area contributed by atoms with E-state index in [1.807, 2.05) is 0 Å². The van der Waals surface area contributed by atoms with Crippen LogP contribution < -0.4 is 10.2 Å². The molecule has 0 N–H and O–H groups in total. The quantitative estimate of drug-likeness (QED) is 0.751. The van der Waals surface area contributed by atoms with E-state index in [1.54, 1.807) is 12.0 Å². The number of hydrogen-bond acceptors (Lipinski definition) is 5. The van der Waals surface area contributed by atoms with E-state index in [1.165, 1.54) is 19.4 Å². The van der Waals surface area contributed by atoms with E-state index in [4.69, 9.17) is 13.9 Å². The van der Waals surface area contributed by atoms with Gasteiger partial charge in [0, 0.05) is 32.9 Å². The summed E-state index contributed by atoms with van der Waals surface area (Å²) in [4.78, 5) is 26.0. The van der Waals surface area contributed by atoms with Crippen LogP contribution in [0.1, 0.15) is 36.2 Å². The van der Waals surface area contributed by atoms with Crippen molar-refractivity contribution in [3.05, 3.63) is 28.3 Å². The highest BCUT2D eigenvalue weighted by molar-refractivity contribution is 5.91. The summed E-state index contributed by atoms with van der Waals surface area (Å²) in [6.45, 7) is 2.16. The lowest BCUT2D eigenvalue weighted by Gasteiger charge is -2.32. The third kappa shape index (κ3) is 4.10. The van der Waals surface area contributed by atoms with Crippen LogP contribution >= 0.6 is 0 Å². The van der Waals surface area contributed by atoms with Gasteiger partial charge >= 0.3 is 0 Å². The number of nitrogens with zero attached hydrogens (tertiary/aromatic N) is 1. The van der Waals surface area contributed by atoms with Gasteiger partial charge < -0.3 is 18.8 Å². The van der Waals surface area contributed by atoms with Crippen molar-refractivity contribution in [2.24, 2.45) is 5.92 Å². The van der Waals surface area contributed by atoms with Gasteiger partial charge in [-0.15, -0.1) is 0 Å². The lowest BCUT2D eigenvalue weighted by Crippen LogP contribution is -2.40. The first-order chi connectivity index (χ1) is 10.7.